The van der Waals surface area contributed by atoms with E-state index in [2.05, 4.69) is 4.98 Å². The summed E-state index contributed by atoms with van der Waals surface area (Å²) in [5.41, 5.74) is 1.04. The van der Waals surface area contributed by atoms with E-state index in [0.717, 1.165) is 5.39 Å². The van der Waals surface area contributed by atoms with E-state index in [1.165, 1.54) is 16.7 Å². The number of carbonyl (C=O) groups excluding carboxylic acids is 1. The molecule has 144 valence electrons. The average Bonchev–Trinajstić information content (AvgIpc) is 3.17. The molecule has 4 aromatic rings. The first-order valence-electron chi connectivity index (χ1n) is 8.14. The standard InChI is InChI=1S/C19H11Cl2F3N2O2/c20-11-6-13-14(7-12(11)21)26(18(25-13)8-19(22,23)24)9-15(27)17-5-10-3-1-2-4-16(10)28-17/h1-7H,8-9H2. The third kappa shape index (κ3) is 3.59. The zero-order chi connectivity index (χ0) is 20.1. The second-order valence-electron chi connectivity index (χ2n) is 6.23. The van der Waals surface area contributed by atoms with Gasteiger partial charge in [-0.15, -0.1) is 0 Å². The molecular formula is C19H11Cl2F3N2O2. The molecule has 0 amide bonds. The van der Waals surface area contributed by atoms with Crippen molar-refractivity contribution in [3.8, 4) is 0 Å². The van der Waals surface area contributed by atoms with Crippen molar-refractivity contribution in [1.82, 2.24) is 9.55 Å². The lowest BCUT2D eigenvalue weighted by Crippen LogP contribution is -2.19. The van der Waals surface area contributed by atoms with Gasteiger partial charge in [-0.2, -0.15) is 13.2 Å². The molecule has 0 saturated heterocycles. The van der Waals surface area contributed by atoms with Crippen LogP contribution >= 0.6 is 23.2 Å². The second kappa shape index (κ2) is 6.83. The fourth-order valence-corrected chi connectivity index (χ4v) is 3.32. The number of hydrogen-bond acceptors (Lipinski definition) is 3. The molecule has 0 radical (unpaired) electrons. The van der Waals surface area contributed by atoms with Crippen LogP contribution in [0.15, 0.2) is 46.9 Å². The Hall–Kier alpha value is -2.51. The van der Waals surface area contributed by atoms with Crippen molar-refractivity contribution in [2.45, 2.75) is 19.1 Å². The number of hydrogen-bond donors (Lipinski definition) is 0. The Morgan fingerprint density at radius 1 is 1.11 bits per heavy atom. The minimum absolute atomic E-state index is 0.0565. The number of fused-ring (bicyclic) bond motifs is 2. The number of aromatic nitrogens is 2. The fraction of sp³-hybridized carbons (Fsp3) is 0.158. The van der Waals surface area contributed by atoms with Crippen molar-refractivity contribution >= 4 is 51.0 Å². The number of alkyl halides is 3. The molecule has 9 heteroatoms. The van der Waals surface area contributed by atoms with Gasteiger partial charge in [0.2, 0.25) is 5.78 Å². The number of benzene rings is 2. The van der Waals surface area contributed by atoms with Gasteiger partial charge in [0.1, 0.15) is 17.8 Å². The van der Waals surface area contributed by atoms with Gasteiger partial charge in [0.25, 0.3) is 0 Å². The highest BCUT2D eigenvalue weighted by Gasteiger charge is 2.32. The van der Waals surface area contributed by atoms with Crippen LogP contribution in [-0.2, 0) is 13.0 Å². The van der Waals surface area contributed by atoms with Crippen molar-refractivity contribution in [3.05, 3.63) is 64.1 Å². The number of para-hydroxylation sites is 1. The van der Waals surface area contributed by atoms with Crippen LogP contribution in [0.25, 0.3) is 22.0 Å². The molecule has 28 heavy (non-hydrogen) atoms. The van der Waals surface area contributed by atoms with Gasteiger partial charge in [0, 0.05) is 5.39 Å². The molecule has 0 fully saturated rings. The van der Waals surface area contributed by atoms with Crippen LogP contribution < -0.4 is 0 Å². The predicted octanol–water partition coefficient (Wildman–Crippen LogP) is 6.08. The van der Waals surface area contributed by atoms with Crippen LogP contribution in [0.1, 0.15) is 16.4 Å². The Labute approximate surface area is 166 Å². The average molecular weight is 427 g/mol. The molecule has 0 N–H and O–H groups in total. The summed E-state index contributed by atoms with van der Waals surface area (Å²) < 4.78 is 45.7. The molecule has 0 saturated carbocycles. The molecule has 2 aromatic heterocycles. The van der Waals surface area contributed by atoms with E-state index in [0.29, 0.717) is 5.58 Å². The molecule has 0 unspecified atom stereocenters. The number of carbonyl (C=O) groups is 1. The monoisotopic (exact) mass is 426 g/mol. The number of Topliss-reactive ketones (excluding diaryl/α,β-unsaturated/α-hetero) is 1. The first kappa shape index (κ1) is 18.8. The van der Waals surface area contributed by atoms with Crippen LogP contribution in [0.4, 0.5) is 13.2 Å². The molecule has 0 aliphatic carbocycles. The summed E-state index contributed by atoms with van der Waals surface area (Å²) in [5, 5.41) is 1.05. The molecule has 0 aliphatic rings. The van der Waals surface area contributed by atoms with Crippen molar-refractivity contribution in [1.29, 1.82) is 0 Å². The van der Waals surface area contributed by atoms with E-state index in [1.807, 2.05) is 0 Å². The number of halogens is 5. The van der Waals surface area contributed by atoms with Gasteiger partial charge in [-0.3, -0.25) is 4.79 Å². The lowest BCUT2D eigenvalue weighted by atomic mass is 10.2. The topological polar surface area (TPSA) is 48.0 Å². The lowest BCUT2D eigenvalue weighted by molar-refractivity contribution is -0.128. The van der Waals surface area contributed by atoms with Gasteiger partial charge in [0.15, 0.2) is 5.76 Å². The first-order chi connectivity index (χ1) is 13.2. The maximum atomic E-state index is 13.0. The highest BCUT2D eigenvalue weighted by atomic mass is 35.5. The Morgan fingerprint density at radius 2 is 1.82 bits per heavy atom. The van der Waals surface area contributed by atoms with Crippen LogP contribution in [0.2, 0.25) is 10.0 Å². The van der Waals surface area contributed by atoms with Gasteiger partial charge in [-0.05, 0) is 24.3 Å². The third-order valence-electron chi connectivity index (χ3n) is 4.23. The number of rotatable bonds is 4. The molecular weight excluding hydrogens is 416 g/mol. The van der Waals surface area contributed by atoms with Crippen LogP contribution in [0.3, 0.4) is 0 Å². The molecule has 0 atom stereocenters. The van der Waals surface area contributed by atoms with E-state index < -0.39 is 18.4 Å². The minimum Gasteiger partial charge on any atom is -0.453 e. The van der Waals surface area contributed by atoms with Gasteiger partial charge in [0.05, 0.1) is 27.6 Å². The maximum absolute atomic E-state index is 13.0. The highest BCUT2D eigenvalue weighted by Crippen LogP contribution is 2.31. The molecule has 2 heterocycles. The normalized spacial score (nSPS) is 12.2. The Morgan fingerprint density at radius 3 is 2.54 bits per heavy atom. The molecule has 4 nitrogen and oxygen atoms in total. The van der Waals surface area contributed by atoms with Crippen LogP contribution in [-0.4, -0.2) is 21.5 Å². The van der Waals surface area contributed by atoms with Crippen molar-refractivity contribution in [3.63, 3.8) is 0 Å². The van der Waals surface area contributed by atoms with E-state index >= 15 is 0 Å². The van der Waals surface area contributed by atoms with Gasteiger partial charge < -0.3 is 8.98 Å². The van der Waals surface area contributed by atoms with Crippen molar-refractivity contribution < 1.29 is 22.4 Å². The Kier molecular flexibility index (Phi) is 4.59. The first-order valence-corrected chi connectivity index (χ1v) is 8.89. The number of furan rings is 1. The summed E-state index contributed by atoms with van der Waals surface area (Å²) in [6.45, 7) is -0.375. The Balaban J connectivity index is 1.78. The van der Waals surface area contributed by atoms with E-state index in [4.69, 9.17) is 27.6 Å². The zero-order valence-corrected chi connectivity index (χ0v) is 15.6. The summed E-state index contributed by atoms with van der Waals surface area (Å²) in [7, 11) is 0. The predicted molar refractivity (Wildman–Crippen MR) is 100 cm³/mol. The number of nitrogens with zero attached hydrogens (tertiary/aromatic N) is 2. The summed E-state index contributed by atoms with van der Waals surface area (Å²) in [6, 6.07) is 11.4. The quantitative estimate of drug-likeness (QED) is 0.371. The minimum atomic E-state index is -4.49. The van der Waals surface area contributed by atoms with Crippen LogP contribution in [0, 0.1) is 0 Å². The van der Waals surface area contributed by atoms with Crippen LogP contribution in [0.5, 0.6) is 0 Å². The fourth-order valence-electron chi connectivity index (χ4n) is 3.00. The summed E-state index contributed by atoms with van der Waals surface area (Å²) in [6.07, 6.45) is -5.78. The zero-order valence-electron chi connectivity index (χ0n) is 14.1. The molecule has 0 spiro atoms. The Bertz CT molecular complexity index is 1180. The lowest BCUT2D eigenvalue weighted by Gasteiger charge is -2.10. The van der Waals surface area contributed by atoms with Gasteiger partial charge >= 0.3 is 6.18 Å². The molecule has 2 aromatic carbocycles. The third-order valence-corrected chi connectivity index (χ3v) is 4.95. The van der Waals surface area contributed by atoms with Crippen molar-refractivity contribution in [2.75, 3.05) is 0 Å². The summed E-state index contributed by atoms with van der Waals surface area (Å²) >= 11 is 12.0. The van der Waals surface area contributed by atoms with E-state index in [1.54, 1.807) is 30.3 Å². The highest BCUT2D eigenvalue weighted by molar-refractivity contribution is 6.42. The molecule has 0 bridgehead atoms. The largest absolute Gasteiger partial charge is 0.453 e. The van der Waals surface area contributed by atoms with E-state index in [-0.39, 0.29) is 39.2 Å². The van der Waals surface area contributed by atoms with Gasteiger partial charge in [-0.1, -0.05) is 41.4 Å². The smallest absolute Gasteiger partial charge is 0.396 e. The summed E-state index contributed by atoms with van der Waals surface area (Å²) in [4.78, 5) is 16.7. The van der Waals surface area contributed by atoms with Gasteiger partial charge in [-0.25, -0.2) is 4.98 Å². The van der Waals surface area contributed by atoms with E-state index in [9.17, 15) is 18.0 Å². The number of ketones is 1. The maximum Gasteiger partial charge on any atom is 0.396 e. The summed E-state index contributed by atoms with van der Waals surface area (Å²) in [5.74, 6) is -0.726. The molecule has 0 aliphatic heterocycles. The molecule has 4 rings (SSSR count). The SMILES string of the molecule is O=C(Cn1c(CC(F)(F)F)nc2cc(Cl)c(Cl)cc21)c1cc2ccccc2o1. The second-order valence-corrected chi connectivity index (χ2v) is 7.05. The number of imidazole rings is 1. The van der Waals surface area contributed by atoms with Crippen molar-refractivity contribution in [2.24, 2.45) is 0 Å².